The van der Waals surface area contributed by atoms with Gasteiger partial charge in [-0.25, -0.2) is 0 Å². The molecule has 23 heavy (non-hydrogen) atoms. The van der Waals surface area contributed by atoms with Crippen LogP contribution in [0.25, 0.3) is 0 Å². The van der Waals surface area contributed by atoms with Gasteiger partial charge in [-0.3, -0.25) is 4.90 Å². The molecule has 1 aromatic carbocycles. The van der Waals surface area contributed by atoms with E-state index in [4.69, 9.17) is 4.74 Å². The van der Waals surface area contributed by atoms with E-state index in [1.807, 2.05) is 6.07 Å². The maximum absolute atomic E-state index is 12.4. The van der Waals surface area contributed by atoms with E-state index in [0.717, 1.165) is 37.8 Å². The van der Waals surface area contributed by atoms with Gasteiger partial charge in [-0.05, 0) is 30.5 Å². The highest BCUT2D eigenvalue weighted by molar-refractivity contribution is 5.30. The van der Waals surface area contributed by atoms with E-state index < -0.39 is 6.61 Å². The molecule has 0 bridgehead atoms. The van der Waals surface area contributed by atoms with Crippen LogP contribution in [-0.4, -0.2) is 48.5 Å². The first-order chi connectivity index (χ1) is 11.1. The first-order valence-electron chi connectivity index (χ1n) is 8.22. The average Bonchev–Trinajstić information content (AvgIpc) is 2.55. The number of aliphatic hydroxyl groups excluding tert-OH is 1. The smallest absolute Gasteiger partial charge is 0.387 e. The first-order valence-corrected chi connectivity index (χ1v) is 8.22. The van der Waals surface area contributed by atoms with Crippen molar-refractivity contribution in [3.05, 3.63) is 29.8 Å². The third-order valence-electron chi connectivity index (χ3n) is 4.72. The molecule has 0 unspecified atom stereocenters. The SMILES string of the molecule is O[C@@H]1CCCC[C@H]1N1CCO[C@@H](c2cccc(OC(F)F)c2)C1. The fraction of sp³-hybridized carbons (Fsp3) is 0.647. The van der Waals surface area contributed by atoms with Crippen LogP contribution in [0.5, 0.6) is 5.75 Å². The Bertz CT molecular complexity index is 514. The van der Waals surface area contributed by atoms with Gasteiger partial charge in [0.2, 0.25) is 0 Å². The summed E-state index contributed by atoms with van der Waals surface area (Å²) in [6.07, 6.45) is 3.61. The Balaban J connectivity index is 1.68. The van der Waals surface area contributed by atoms with Crippen molar-refractivity contribution in [1.29, 1.82) is 0 Å². The number of aliphatic hydroxyl groups is 1. The maximum Gasteiger partial charge on any atom is 0.387 e. The van der Waals surface area contributed by atoms with Crippen molar-refractivity contribution in [2.45, 2.75) is 50.5 Å². The molecule has 3 rings (SSSR count). The van der Waals surface area contributed by atoms with Crippen LogP contribution in [0.3, 0.4) is 0 Å². The van der Waals surface area contributed by atoms with Crippen LogP contribution in [-0.2, 0) is 4.74 Å². The van der Waals surface area contributed by atoms with Gasteiger partial charge in [0.1, 0.15) is 5.75 Å². The predicted molar refractivity (Wildman–Crippen MR) is 81.6 cm³/mol. The van der Waals surface area contributed by atoms with Crippen LogP contribution < -0.4 is 4.74 Å². The quantitative estimate of drug-likeness (QED) is 0.923. The van der Waals surface area contributed by atoms with E-state index in [-0.39, 0.29) is 24.0 Å². The molecular weight excluding hydrogens is 304 g/mol. The second-order valence-corrected chi connectivity index (χ2v) is 6.22. The molecule has 2 fully saturated rings. The molecule has 1 aromatic rings. The van der Waals surface area contributed by atoms with Gasteiger partial charge in [-0.15, -0.1) is 0 Å². The molecule has 1 aliphatic heterocycles. The first kappa shape index (κ1) is 16.6. The van der Waals surface area contributed by atoms with E-state index >= 15 is 0 Å². The van der Waals surface area contributed by atoms with Crippen molar-refractivity contribution in [2.75, 3.05) is 19.7 Å². The number of hydrogen-bond acceptors (Lipinski definition) is 4. The minimum Gasteiger partial charge on any atom is -0.435 e. The third-order valence-corrected chi connectivity index (χ3v) is 4.72. The number of hydrogen-bond donors (Lipinski definition) is 1. The number of nitrogens with zero attached hydrogens (tertiary/aromatic N) is 1. The Morgan fingerprint density at radius 2 is 2.09 bits per heavy atom. The molecule has 128 valence electrons. The van der Waals surface area contributed by atoms with E-state index in [2.05, 4.69) is 9.64 Å². The van der Waals surface area contributed by atoms with E-state index in [9.17, 15) is 13.9 Å². The zero-order valence-corrected chi connectivity index (χ0v) is 13.0. The topological polar surface area (TPSA) is 41.9 Å². The van der Waals surface area contributed by atoms with Crippen molar-refractivity contribution in [2.24, 2.45) is 0 Å². The zero-order chi connectivity index (χ0) is 16.2. The molecule has 1 N–H and O–H groups in total. The fourth-order valence-corrected chi connectivity index (χ4v) is 3.58. The molecule has 4 nitrogen and oxygen atoms in total. The van der Waals surface area contributed by atoms with Crippen molar-refractivity contribution in [3.63, 3.8) is 0 Å². The largest absolute Gasteiger partial charge is 0.435 e. The van der Waals surface area contributed by atoms with Gasteiger partial charge in [0, 0.05) is 19.1 Å². The fourth-order valence-electron chi connectivity index (χ4n) is 3.58. The minimum atomic E-state index is -2.83. The lowest BCUT2D eigenvalue weighted by molar-refractivity contribution is -0.0753. The Morgan fingerprint density at radius 1 is 1.26 bits per heavy atom. The molecular formula is C17H23F2NO3. The van der Waals surface area contributed by atoms with Crippen molar-refractivity contribution < 1.29 is 23.4 Å². The van der Waals surface area contributed by atoms with Crippen molar-refractivity contribution >= 4 is 0 Å². The summed E-state index contributed by atoms with van der Waals surface area (Å²) < 4.78 is 35.0. The molecule has 1 saturated carbocycles. The summed E-state index contributed by atoms with van der Waals surface area (Å²) in [7, 11) is 0. The van der Waals surface area contributed by atoms with Crippen LogP contribution in [0.2, 0.25) is 0 Å². The van der Waals surface area contributed by atoms with Crippen LogP contribution in [0.15, 0.2) is 24.3 Å². The molecule has 1 aliphatic carbocycles. The average molecular weight is 327 g/mol. The summed E-state index contributed by atoms with van der Waals surface area (Å²) in [6.45, 7) is -0.787. The number of alkyl halides is 2. The predicted octanol–water partition coefficient (Wildman–Crippen LogP) is 2.96. The number of benzene rings is 1. The van der Waals surface area contributed by atoms with Crippen LogP contribution in [0.1, 0.15) is 37.4 Å². The van der Waals surface area contributed by atoms with E-state index in [0.29, 0.717) is 13.2 Å². The number of ether oxygens (including phenoxy) is 2. The lowest BCUT2D eigenvalue weighted by Crippen LogP contribution is -2.50. The maximum atomic E-state index is 12.4. The second kappa shape index (κ2) is 7.55. The highest BCUT2D eigenvalue weighted by atomic mass is 19.3. The summed E-state index contributed by atoms with van der Waals surface area (Å²) in [4.78, 5) is 2.28. The number of rotatable bonds is 4. The van der Waals surface area contributed by atoms with Crippen molar-refractivity contribution in [1.82, 2.24) is 4.90 Å². The lowest BCUT2D eigenvalue weighted by atomic mass is 9.90. The van der Waals surface area contributed by atoms with Crippen LogP contribution >= 0.6 is 0 Å². The van der Waals surface area contributed by atoms with Crippen LogP contribution in [0, 0.1) is 0 Å². The monoisotopic (exact) mass is 327 g/mol. The molecule has 1 heterocycles. The van der Waals surface area contributed by atoms with Gasteiger partial charge in [-0.2, -0.15) is 8.78 Å². The summed E-state index contributed by atoms with van der Waals surface area (Å²) in [6, 6.07) is 6.86. The normalized spacial score (nSPS) is 29.7. The highest BCUT2D eigenvalue weighted by Crippen LogP contribution is 2.30. The summed E-state index contributed by atoms with van der Waals surface area (Å²) in [5, 5.41) is 10.2. The standard InChI is InChI=1S/C17H23F2NO3/c18-17(19)23-13-5-3-4-12(10-13)16-11-20(8-9-22-16)14-6-1-2-7-15(14)21/h3-5,10,14-17,21H,1-2,6-9,11H2/t14-,15-,16-/m1/s1. The molecule has 6 heteroatoms. The molecule has 1 saturated heterocycles. The summed E-state index contributed by atoms with van der Waals surface area (Å²) in [5.74, 6) is 0.149. The highest BCUT2D eigenvalue weighted by Gasteiger charge is 2.33. The Morgan fingerprint density at radius 3 is 2.87 bits per heavy atom. The molecule has 0 spiro atoms. The Kier molecular flexibility index (Phi) is 5.46. The third kappa shape index (κ3) is 4.19. The lowest BCUT2D eigenvalue weighted by Gasteiger charge is -2.42. The van der Waals surface area contributed by atoms with Gasteiger partial charge in [0.15, 0.2) is 0 Å². The number of morpholine rings is 1. The van der Waals surface area contributed by atoms with Gasteiger partial charge in [0.05, 0.1) is 18.8 Å². The van der Waals surface area contributed by atoms with Gasteiger partial charge >= 0.3 is 6.61 Å². The number of halogens is 2. The summed E-state index contributed by atoms with van der Waals surface area (Å²) >= 11 is 0. The Hall–Kier alpha value is -1.24. The molecule has 0 aromatic heterocycles. The molecule has 0 radical (unpaired) electrons. The zero-order valence-electron chi connectivity index (χ0n) is 13.0. The van der Waals surface area contributed by atoms with Gasteiger partial charge < -0.3 is 14.6 Å². The van der Waals surface area contributed by atoms with Gasteiger partial charge in [-0.1, -0.05) is 25.0 Å². The van der Waals surface area contributed by atoms with E-state index in [1.165, 1.54) is 6.07 Å². The van der Waals surface area contributed by atoms with Crippen molar-refractivity contribution in [3.8, 4) is 5.75 Å². The molecule has 2 aliphatic rings. The Labute approximate surface area is 135 Å². The van der Waals surface area contributed by atoms with Crippen LogP contribution in [0.4, 0.5) is 8.78 Å². The minimum absolute atomic E-state index is 0.149. The molecule has 3 atom stereocenters. The summed E-state index contributed by atoms with van der Waals surface area (Å²) in [5.41, 5.74) is 0.832. The second-order valence-electron chi connectivity index (χ2n) is 6.22. The van der Waals surface area contributed by atoms with E-state index in [1.54, 1.807) is 12.1 Å². The van der Waals surface area contributed by atoms with Gasteiger partial charge in [0.25, 0.3) is 0 Å². The molecule has 0 amide bonds.